The van der Waals surface area contributed by atoms with E-state index in [0.717, 1.165) is 6.42 Å². The van der Waals surface area contributed by atoms with Crippen molar-refractivity contribution < 1.29 is 4.42 Å². The van der Waals surface area contributed by atoms with Gasteiger partial charge in [0.15, 0.2) is 0 Å². The predicted molar refractivity (Wildman–Crippen MR) is 76.3 cm³/mol. The van der Waals surface area contributed by atoms with Crippen molar-refractivity contribution in [3.8, 4) is 0 Å². The van der Waals surface area contributed by atoms with Gasteiger partial charge < -0.3 is 9.73 Å². The standard InChI is InChI=1S/C15H21N3O/c1-5-13-17-18-14(19-13)9-16-15-11(4)7-6-8-12(15)10(2)3/h6-8,10,16H,5,9H2,1-4H3. The third-order valence-electron chi connectivity index (χ3n) is 3.15. The predicted octanol–water partition coefficient (Wildman–Crippen LogP) is 3.68. The minimum atomic E-state index is 0.483. The summed E-state index contributed by atoms with van der Waals surface area (Å²) in [6.45, 7) is 9.07. The number of nitrogens with one attached hydrogen (secondary N) is 1. The molecule has 1 aromatic heterocycles. The van der Waals surface area contributed by atoms with Gasteiger partial charge in [0.05, 0.1) is 6.54 Å². The van der Waals surface area contributed by atoms with Gasteiger partial charge in [-0.05, 0) is 24.0 Å². The Morgan fingerprint density at radius 1 is 1.21 bits per heavy atom. The molecule has 0 aliphatic rings. The number of anilines is 1. The van der Waals surface area contributed by atoms with Gasteiger partial charge in [-0.3, -0.25) is 0 Å². The number of hydrogen-bond acceptors (Lipinski definition) is 4. The van der Waals surface area contributed by atoms with Crippen molar-refractivity contribution in [2.45, 2.75) is 46.6 Å². The molecule has 0 aliphatic carbocycles. The highest BCUT2D eigenvalue weighted by atomic mass is 16.4. The molecule has 19 heavy (non-hydrogen) atoms. The fraction of sp³-hybridized carbons (Fsp3) is 0.467. The maximum absolute atomic E-state index is 5.51. The van der Waals surface area contributed by atoms with Crippen LogP contribution < -0.4 is 5.32 Å². The summed E-state index contributed by atoms with van der Waals surface area (Å²) in [7, 11) is 0. The Bertz CT molecular complexity index is 546. The number of hydrogen-bond donors (Lipinski definition) is 1. The lowest BCUT2D eigenvalue weighted by molar-refractivity contribution is 0.460. The van der Waals surface area contributed by atoms with Crippen molar-refractivity contribution in [2.75, 3.05) is 5.32 Å². The Labute approximate surface area is 114 Å². The second kappa shape index (κ2) is 5.87. The Hall–Kier alpha value is -1.84. The summed E-state index contributed by atoms with van der Waals surface area (Å²) in [5.41, 5.74) is 3.73. The van der Waals surface area contributed by atoms with Crippen LogP contribution in [0.5, 0.6) is 0 Å². The number of aromatic nitrogens is 2. The molecule has 0 bridgehead atoms. The van der Waals surface area contributed by atoms with Gasteiger partial charge >= 0.3 is 0 Å². The van der Waals surface area contributed by atoms with Gasteiger partial charge in [-0.25, -0.2) is 0 Å². The van der Waals surface area contributed by atoms with E-state index in [9.17, 15) is 0 Å². The van der Waals surface area contributed by atoms with Gasteiger partial charge in [0, 0.05) is 12.1 Å². The first-order chi connectivity index (χ1) is 9.11. The van der Waals surface area contributed by atoms with Crippen molar-refractivity contribution >= 4 is 5.69 Å². The van der Waals surface area contributed by atoms with Crippen molar-refractivity contribution in [3.63, 3.8) is 0 Å². The smallest absolute Gasteiger partial charge is 0.235 e. The van der Waals surface area contributed by atoms with Crippen LogP contribution in [-0.2, 0) is 13.0 Å². The van der Waals surface area contributed by atoms with Crippen LogP contribution in [0.25, 0.3) is 0 Å². The maximum atomic E-state index is 5.51. The molecule has 0 amide bonds. The van der Waals surface area contributed by atoms with Crippen LogP contribution in [0.15, 0.2) is 22.6 Å². The van der Waals surface area contributed by atoms with Gasteiger partial charge in [0.1, 0.15) is 0 Å². The summed E-state index contributed by atoms with van der Waals surface area (Å²) >= 11 is 0. The quantitative estimate of drug-likeness (QED) is 0.890. The monoisotopic (exact) mass is 259 g/mol. The SMILES string of the molecule is CCc1nnc(CNc2c(C)cccc2C(C)C)o1. The molecule has 0 spiro atoms. The van der Waals surface area contributed by atoms with E-state index in [2.05, 4.69) is 54.5 Å². The fourth-order valence-corrected chi connectivity index (χ4v) is 2.08. The molecule has 102 valence electrons. The van der Waals surface area contributed by atoms with Crippen LogP contribution in [0, 0.1) is 6.92 Å². The Morgan fingerprint density at radius 2 is 1.95 bits per heavy atom. The average molecular weight is 259 g/mol. The van der Waals surface area contributed by atoms with E-state index < -0.39 is 0 Å². The number of aryl methyl sites for hydroxylation is 2. The van der Waals surface area contributed by atoms with Crippen LogP contribution in [0.1, 0.15) is 49.6 Å². The minimum absolute atomic E-state index is 0.483. The Kier molecular flexibility index (Phi) is 4.20. The lowest BCUT2D eigenvalue weighted by Crippen LogP contribution is -2.05. The number of rotatable bonds is 5. The maximum Gasteiger partial charge on any atom is 0.235 e. The summed E-state index contributed by atoms with van der Waals surface area (Å²) in [5.74, 6) is 1.80. The molecule has 1 N–H and O–H groups in total. The first-order valence-corrected chi connectivity index (χ1v) is 6.76. The van der Waals surface area contributed by atoms with Crippen LogP contribution >= 0.6 is 0 Å². The van der Waals surface area contributed by atoms with Crippen LogP contribution in [0.3, 0.4) is 0 Å². The summed E-state index contributed by atoms with van der Waals surface area (Å²) in [6, 6.07) is 6.36. The molecule has 2 aromatic rings. The molecule has 1 aromatic carbocycles. The van der Waals surface area contributed by atoms with Gasteiger partial charge in [0.25, 0.3) is 0 Å². The molecule has 0 fully saturated rings. The molecular formula is C15H21N3O. The molecule has 2 rings (SSSR count). The number of benzene rings is 1. The molecule has 4 heteroatoms. The molecule has 0 radical (unpaired) electrons. The largest absolute Gasteiger partial charge is 0.423 e. The number of nitrogens with zero attached hydrogens (tertiary/aromatic N) is 2. The van der Waals surface area contributed by atoms with Crippen molar-refractivity contribution in [3.05, 3.63) is 41.1 Å². The molecule has 0 saturated carbocycles. The van der Waals surface area contributed by atoms with Crippen molar-refractivity contribution in [2.24, 2.45) is 0 Å². The van der Waals surface area contributed by atoms with Gasteiger partial charge in [-0.15, -0.1) is 10.2 Å². The third-order valence-corrected chi connectivity index (χ3v) is 3.15. The number of para-hydroxylation sites is 1. The summed E-state index contributed by atoms with van der Waals surface area (Å²) in [4.78, 5) is 0. The van der Waals surface area contributed by atoms with E-state index in [1.807, 2.05) is 6.92 Å². The summed E-state index contributed by atoms with van der Waals surface area (Å²) in [6.07, 6.45) is 0.772. The van der Waals surface area contributed by atoms with Gasteiger partial charge in [-0.1, -0.05) is 39.0 Å². The zero-order valence-corrected chi connectivity index (χ0v) is 12.0. The highest BCUT2D eigenvalue weighted by Gasteiger charge is 2.10. The molecule has 0 unspecified atom stereocenters. The third kappa shape index (κ3) is 3.13. The van der Waals surface area contributed by atoms with E-state index in [1.54, 1.807) is 0 Å². The molecule has 1 heterocycles. The first-order valence-electron chi connectivity index (χ1n) is 6.76. The highest BCUT2D eigenvalue weighted by Crippen LogP contribution is 2.27. The Balaban J connectivity index is 2.14. The topological polar surface area (TPSA) is 51.0 Å². The van der Waals surface area contributed by atoms with E-state index in [-0.39, 0.29) is 0 Å². The lowest BCUT2D eigenvalue weighted by atomic mass is 9.98. The summed E-state index contributed by atoms with van der Waals surface area (Å²) < 4.78 is 5.51. The molecule has 4 nitrogen and oxygen atoms in total. The van der Waals surface area contributed by atoms with Gasteiger partial charge in [-0.2, -0.15) is 0 Å². The zero-order chi connectivity index (χ0) is 13.8. The van der Waals surface area contributed by atoms with Gasteiger partial charge in [0.2, 0.25) is 11.8 Å². The van der Waals surface area contributed by atoms with Crippen LogP contribution in [-0.4, -0.2) is 10.2 Å². The average Bonchev–Trinajstić information content (AvgIpc) is 2.85. The Morgan fingerprint density at radius 3 is 2.58 bits per heavy atom. The van der Waals surface area contributed by atoms with E-state index in [1.165, 1.54) is 16.8 Å². The van der Waals surface area contributed by atoms with Crippen LogP contribution in [0.4, 0.5) is 5.69 Å². The fourth-order valence-electron chi connectivity index (χ4n) is 2.08. The summed E-state index contributed by atoms with van der Waals surface area (Å²) in [5, 5.41) is 11.4. The van der Waals surface area contributed by atoms with Crippen molar-refractivity contribution in [1.82, 2.24) is 10.2 Å². The second-order valence-corrected chi connectivity index (χ2v) is 4.99. The van der Waals surface area contributed by atoms with E-state index in [4.69, 9.17) is 4.42 Å². The molecule has 0 atom stereocenters. The molecular weight excluding hydrogens is 238 g/mol. The second-order valence-electron chi connectivity index (χ2n) is 4.99. The van der Waals surface area contributed by atoms with Crippen LogP contribution in [0.2, 0.25) is 0 Å². The highest BCUT2D eigenvalue weighted by molar-refractivity contribution is 5.58. The molecule has 0 aliphatic heterocycles. The normalized spacial score (nSPS) is 11.0. The zero-order valence-electron chi connectivity index (χ0n) is 12.0. The lowest BCUT2D eigenvalue weighted by Gasteiger charge is -2.16. The van der Waals surface area contributed by atoms with E-state index >= 15 is 0 Å². The first kappa shape index (κ1) is 13.6. The minimum Gasteiger partial charge on any atom is -0.423 e. The molecule has 0 saturated heterocycles. The van der Waals surface area contributed by atoms with Crippen molar-refractivity contribution in [1.29, 1.82) is 0 Å². The van der Waals surface area contributed by atoms with E-state index in [0.29, 0.717) is 24.2 Å².